The standard InChI is InChI=1S/C16H18F3N3O4/c1-15(2,3)14(24)13(12(23)8-9-16(17,18)19)21-20-10-4-6-11(7-5-10)22(25)26/h4-7,20H,8-9H2,1-3H3/b21-13+. The number of nitro benzene ring substituents is 1. The average Bonchev–Trinajstić information content (AvgIpc) is 2.51. The van der Waals surface area contributed by atoms with Crippen LogP contribution in [0.15, 0.2) is 29.4 Å². The molecule has 7 nitrogen and oxygen atoms in total. The lowest BCUT2D eigenvalue weighted by molar-refractivity contribution is -0.384. The highest BCUT2D eigenvalue weighted by molar-refractivity contribution is 6.66. The zero-order chi connectivity index (χ0) is 20.1. The van der Waals surface area contributed by atoms with E-state index in [0.29, 0.717) is 0 Å². The van der Waals surface area contributed by atoms with Crippen LogP contribution in [0.4, 0.5) is 24.5 Å². The van der Waals surface area contributed by atoms with Gasteiger partial charge in [-0.1, -0.05) is 20.8 Å². The minimum atomic E-state index is -4.53. The van der Waals surface area contributed by atoms with Crippen molar-refractivity contribution in [2.45, 2.75) is 39.8 Å². The summed E-state index contributed by atoms with van der Waals surface area (Å²) in [4.78, 5) is 34.4. The molecule has 0 aliphatic carbocycles. The maximum atomic E-state index is 12.3. The number of nitro groups is 1. The van der Waals surface area contributed by atoms with Crippen molar-refractivity contribution in [1.29, 1.82) is 0 Å². The van der Waals surface area contributed by atoms with E-state index >= 15 is 0 Å². The third-order valence-electron chi connectivity index (χ3n) is 3.17. The summed E-state index contributed by atoms with van der Waals surface area (Å²) < 4.78 is 37.0. The van der Waals surface area contributed by atoms with Gasteiger partial charge in [-0.3, -0.25) is 25.1 Å². The Balaban J connectivity index is 3.03. The first-order chi connectivity index (χ1) is 11.8. The van der Waals surface area contributed by atoms with E-state index in [-0.39, 0.29) is 11.4 Å². The summed E-state index contributed by atoms with van der Waals surface area (Å²) in [6, 6.07) is 4.94. The van der Waals surface area contributed by atoms with Gasteiger partial charge in [0.05, 0.1) is 17.0 Å². The minimum absolute atomic E-state index is 0.174. The fourth-order valence-corrected chi connectivity index (χ4v) is 1.75. The maximum Gasteiger partial charge on any atom is 0.389 e. The zero-order valence-corrected chi connectivity index (χ0v) is 14.4. The van der Waals surface area contributed by atoms with Gasteiger partial charge in [-0.25, -0.2) is 0 Å². The zero-order valence-electron chi connectivity index (χ0n) is 14.4. The molecular weight excluding hydrogens is 355 g/mol. The predicted octanol–water partition coefficient (Wildman–Crippen LogP) is 3.89. The number of anilines is 1. The van der Waals surface area contributed by atoms with Crippen LogP contribution in [-0.2, 0) is 9.59 Å². The summed E-state index contributed by atoms with van der Waals surface area (Å²) >= 11 is 0. The number of non-ortho nitro benzene ring substituents is 1. The highest BCUT2D eigenvalue weighted by Crippen LogP contribution is 2.23. The second-order valence-corrected chi connectivity index (χ2v) is 6.49. The van der Waals surface area contributed by atoms with Crippen LogP contribution < -0.4 is 5.43 Å². The Kier molecular flexibility index (Phi) is 6.60. The highest BCUT2D eigenvalue weighted by atomic mass is 19.4. The molecule has 0 bridgehead atoms. The van der Waals surface area contributed by atoms with E-state index in [9.17, 15) is 32.9 Å². The number of nitrogens with one attached hydrogen (secondary N) is 1. The molecule has 10 heteroatoms. The summed E-state index contributed by atoms with van der Waals surface area (Å²) in [7, 11) is 0. The van der Waals surface area contributed by atoms with Gasteiger partial charge in [0.15, 0.2) is 17.3 Å². The number of nitrogens with zero attached hydrogens (tertiary/aromatic N) is 2. The van der Waals surface area contributed by atoms with Crippen LogP contribution in [0.3, 0.4) is 0 Å². The number of halogens is 3. The Morgan fingerprint density at radius 3 is 2.12 bits per heavy atom. The molecule has 0 radical (unpaired) electrons. The molecule has 1 aromatic carbocycles. The summed E-state index contributed by atoms with van der Waals surface area (Å²) in [6.45, 7) is 4.52. The topological polar surface area (TPSA) is 102 Å². The van der Waals surface area contributed by atoms with Gasteiger partial charge in [0.2, 0.25) is 0 Å². The average molecular weight is 373 g/mol. The fourth-order valence-electron chi connectivity index (χ4n) is 1.75. The van der Waals surface area contributed by atoms with E-state index in [4.69, 9.17) is 0 Å². The molecule has 0 aromatic heterocycles. The number of hydrogen-bond acceptors (Lipinski definition) is 6. The Morgan fingerprint density at radius 1 is 1.15 bits per heavy atom. The van der Waals surface area contributed by atoms with E-state index in [1.807, 2.05) is 0 Å². The van der Waals surface area contributed by atoms with Gasteiger partial charge in [-0.05, 0) is 12.1 Å². The summed E-state index contributed by atoms with van der Waals surface area (Å²) in [5, 5.41) is 14.3. The molecule has 0 saturated carbocycles. The van der Waals surface area contributed by atoms with Gasteiger partial charge in [0.1, 0.15) is 0 Å². The SMILES string of the molecule is CC(C)(C)C(=O)/C(=N/Nc1ccc([N+](=O)[O-])cc1)C(=O)CCC(F)(F)F. The number of hydrogen-bond donors (Lipinski definition) is 1. The first kappa shape index (κ1) is 21.3. The third-order valence-corrected chi connectivity index (χ3v) is 3.17. The Bertz CT molecular complexity index is 720. The number of rotatable bonds is 7. The number of hydrazone groups is 1. The van der Waals surface area contributed by atoms with Crippen LogP contribution in [0.1, 0.15) is 33.6 Å². The molecule has 0 aliphatic heterocycles. The molecule has 0 atom stereocenters. The lowest BCUT2D eigenvalue weighted by Gasteiger charge is -2.17. The van der Waals surface area contributed by atoms with Crippen LogP contribution in [-0.4, -0.2) is 28.4 Å². The highest BCUT2D eigenvalue weighted by Gasteiger charge is 2.34. The lowest BCUT2D eigenvalue weighted by atomic mass is 9.86. The molecule has 0 heterocycles. The van der Waals surface area contributed by atoms with E-state index in [0.717, 1.165) is 0 Å². The summed E-state index contributed by atoms with van der Waals surface area (Å²) in [6.07, 6.45) is -6.79. The molecule has 0 fully saturated rings. The number of Topliss-reactive ketones (excluding diaryl/α,β-unsaturated/α-hetero) is 2. The van der Waals surface area contributed by atoms with Crippen molar-refractivity contribution in [3.8, 4) is 0 Å². The number of benzene rings is 1. The monoisotopic (exact) mass is 373 g/mol. The van der Waals surface area contributed by atoms with Crippen molar-refractivity contribution in [3.05, 3.63) is 34.4 Å². The first-order valence-corrected chi connectivity index (χ1v) is 7.54. The first-order valence-electron chi connectivity index (χ1n) is 7.54. The molecule has 0 amide bonds. The van der Waals surface area contributed by atoms with Crippen molar-refractivity contribution < 1.29 is 27.7 Å². The normalized spacial score (nSPS) is 12.6. The van der Waals surface area contributed by atoms with Crippen LogP contribution >= 0.6 is 0 Å². The Morgan fingerprint density at radius 2 is 1.69 bits per heavy atom. The quantitative estimate of drug-likeness (QED) is 0.338. The largest absolute Gasteiger partial charge is 0.389 e. The van der Waals surface area contributed by atoms with Crippen molar-refractivity contribution in [2.75, 3.05) is 5.43 Å². The smallest absolute Gasteiger partial charge is 0.292 e. The molecule has 1 aromatic rings. The molecule has 0 unspecified atom stereocenters. The van der Waals surface area contributed by atoms with Crippen molar-refractivity contribution in [1.82, 2.24) is 0 Å². The van der Waals surface area contributed by atoms with E-state index < -0.39 is 46.6 Å². The number of carbonyl (C=O) groups is 2. The van der Waals surface area contributed by atoms with Crippen molar-refractivity contribution >= 4 is 28.7 Å². The van der Waals surface area contributed by atoms with Crippen LogP contribution in [0, 0.1) is 15.5 Å². The Hall–Kier alpha value is -2.78. The summed E-state index contributed by atoms with van der Waals surface area (Å²) in [5.74, 6) is -1.74. The van der Waals surface area contributed by atoms with E-state index in [2.05, 4.69) is 10.5 Å². The van der Waals surface area contributed by atoms with Gasteiger partial charge in [-0.15, -0.1) is 0 Å². The van der Waals surface area contributed by atoms with Gasteiger partial charge in [-0.2, -0.15) is 18.3 Å². The minimum Gasteiger partial charge on any atom is -0.292 e. The van der Waals surface area contributed by atoms with Gasteiger partial charge in [0.25, 0.3) is 5.69 Å². The predicted molar refractivity (Wildman–Crippen MR) is 88.9 cm³/mol. The second kappa shape index (κ2) is 8.07. The number of carbonyl (C=O) groups excluding carboxylic acids is 2. The molecule has 1 N–H and O–H groups in total. The van der Waals surface area contributed by atoms with Gasteiger partial charge < -0.3 is 0 Å². The van der Waals surface area contributed by atoms with Crippen LogP contribution in [0.2, 0.25) is 0 Å². The lowest BCUT2D eigenvalue weighted by Crippen LogP contribution is -2.35. The van der Waals surface area contributed by atoms with Crippen LogP contribution in [0.25, 0.3) is 0 Å². The van der Waals surface area contributed by atoms with Crippen molar-refractivity contribution in [3.63, 3.8) is 0 Å². The Labute approximate surface area is 147 Å². The van der Waals surface area contributed by atoms with E-state index in [1.54, 1.807) is 0 Å². The molecule has 0 spiro atoms. The molecule has 26 heavy (non-hydrogen) atoms. The molecule has 142 valence electrons. The maximum absolute atomic E-state index is 12.3. The van der Waals surface area contributed by atoms with Gasteiger partial charge in [0, 0.05) is 24.0 Å². The third kappa shape index (κ3) is 6.61. The number of ketones is 2. The molecule has 0 aliphatic rings. The van der Waals surface area contributed by atoms with Crippen LogP contribution in [0.5, 0.6) is 0 Å². The van der Waals surface area contributed by atoms with Crippen molar-refractivity contribution in [2.24, 2.45) is 10.5 Å². The fraction of sp³-hybridized carbons (Fsp3) is 0.438. The van der Waals surface area contributed by atoms with E-state index in [1.165, 1.54) is 45.0 Å². The summed E-state index contributed by atoms with van der Waals surface area (Å²) in [5.41, 5.74) is 0.796. The second-order valence-electron chi connectivity index (χ2n) is 6.49. The molecule has 1 rings (SSSR count). The number of alkyl halides is 3. The van der Waals surface area contributed by atoms with Gasteiger partial charge >= 0.3 is 6.18 Å². The molecule has 0 saturated heterocycles. The molecular formula is C16H18F3N3O4.